The van der Waals surface area contributed by atoms with Crippen molar-refractivity contribution in [3.63, 3.8) is 0 Å². The average Bonchev–Trinajstić information content (AvgIpc) is 2.08. The molecule has 1 rings (SSSR count). The first-order valence-corrected chi connectivity index (χ1v) is 4.86. The minimum atomic E-state index is 0.122. The van der Waals surface area contributed by atoms with Crippen LogP contribution in [-0.4, -0.2) is 18.1 Å². The van der Waals surface area contributed by atoms with Gasteiger partial charge in [-0.05, 0) is 28.9 Å². The van der Waals surface area contributed by atoms with Crippen molar-refractivity contribution in [2.45, 2.75) is 19.4 Å². The first-order valence-electron chi connectivity index (χ1n) is 4.07. The van der Waals surface area contributed by atoms with Gasteiger partial charge < -0.3 is 10.5 Å². The second-order valence-corrected chi connectivity index (χ2v) is 3.84. The summed E-state index contributed by atoms with van der Waals surface area (Å²) in [5.74, 6) is 0.750. The number of nitrogens with zero attached hydrogens (tertiary/aromatic N) is 1. The molecule has 72 valence electrons. The highest BCUT2D eigenvalue weighted by molar-refractivity contribution is 9.10. The lowest BCUT2D eigenvalue weighted by Crippen LogP contribution is -2.18. The standard InChI is InChI=1S/C9H13BrN2O/c1-6(11)3-9-8(10)4-7(13-2)5-12-9/h4-6H,3,11H2,1-2H3. The summed E-state index contributed by atoms with van der Waals surface area (Å²) in [6.45, 7) is 1.96. The molecule has 0 fully saturated rings. The highest BCUT2D eigenvalue weighted by atomic mass is 79.9. The van der Waals surface area contributed by atoms with E-state index in [2.05, 4.69) is 20.9 Å². The minimum Gasteiger partial charge on any atom is -0.495 e. The molecular weight excluding hydrogens is 232 g/mol. The molecule has 1 aromatic rings. The maximum absolute atomic E-state index is 5.67. The average molecular weight is 245 g/mol. The molecule has 13 heavy (non-hydrogen) atoms. The predicted molar refractivity (Wildman–Crippen MR) is 55.8 cm³/mol. The smallest absolute Gasteiger partial charge is 0.138 e. The lowest BCUT2D eigenvalue weighted by atomic mass is 10.2. The lowest BCUT2D eigenvalue weighted by molar-refractivity contribution is 0.412. The van der Waals surface area contributed by atoms with E-state index in [1.54, 1.807) is 13.3 Å². The maximum atomic E-state index is 5.67. The Labute approximate surface area is 86.4 Å². The highest BCUT2D eigenvalue weighted by Crippen LogP contribution is 2.21. The van der Waals surface area contributed by atoms with Crippen molar-refractivity contribution >= 4 is 15.9 Å². The third-order valence-corrected chi connectivity index (χ3v) is 2.33. The number of nitrogens with two attached hydrogens (primary N) is 1. The van der Waals surface area contributed by atoms with Crippen LogP contribution in [0.5, 0.6) is 5.75 Å². The van der Waals surface area contributed by atoms with Crippen LogP contribution in [0, 0.1) is 0 Å². The first kappa shape index (κ1) is 10.5. The summed E-state index contributed by atoms with van der Waals surface area (Å²) in [5.41, 5.74) is 6.64. The van der Waals surface area contributed by atoms with Gasteiger partial charge in [0.05, 0.1) is 19.0 Å². The summed E-state index contributed by atoms with van der Waals surface area (Å²) in [4.78, 5) is 4.24. The summed E-state index contributed by atoms with van der Waals surface area (Å²) < 4.78 is 5.98. The molecule has 0 radical (unpaired) electrons. The van der Waals surface area contributed by atoms with Crippen molar-refractivity contribution in [1.82, 2.24) is 4.98 Å². The molecule has 0 bridgehead atoms. The van der Waals surface area contributed by atoms with Crippen LogP contribution < -0.4 is 10.5 Å². The molecule has 0 aliphatic heterocycles. The molecule has 0 aliphatic rings. The van der Waals surface area contributed by atoms with Crippen LogP contribution in [0.3, 0.4) is 0 Å². The van der Waals surface area contributed by atoms with Gasteiger partial charge in [0.15, 0.2) is 0 Å². The van der Waals surface area contributed by atoms with Gasteiger partial charge in [-0.25, -0.2) is 0 Å². The van der Waals surface area contributed by atoms with Crippen molar-refractivity contribution < 1.29 is 4.74 Å². The van der Waals surface area contributed by atoms with E-state index in [9.17, 15) is 0 Å². The zero-order valence-corrected chi connectivity index (χ0v) is 9.34. The molecule has 0 aromatic carbocycles. The summed E-state index contributed by atoms with van der Waals surface area (Å²) >= 11 is 3.42. The number of aromatic nitrogens is 1. The van der Waals surface area contributed by atoms with Crippen LogP contribution in [0.25, 0.3) is 0 Å². The fourth-order valence-electron chi connectivity index (χ4n) is 1.02. The van der Waals surface area contributed by atoms with Crippen molar-refractivity contribution in [3.05, 3.63) is 22.4 Å². The Kier molecular flexibility index (Phi) is 3.69. The van der Waals surface area contributed by atoms with Crippen molar-refractivity contribution in [2.24, 2.45) is 5.73 Å². The zero-order valence-electron chi connectivity index (χ0n) is 7.75. The van der Waals surface area contributed by atoms with Gasteiger partial charge in [0.2, 0.25) is 0 Å². The topological polar surface area (TPSA) is 48.1 Å². The summed E-state index contributed by atoms with van der Waals surface area (Å²) in [6, 6.07) is 2.02. The monoisotopic (exact) mass is 244 g/mol. The van der Waals surface area contributed by atoms with Crippen LogP contribution >= 0.6 is 15.9 Å². The van der Waals surface area contributed by atoms with Crippen molar-refractivity contribution in [1.29, 1.82) is 0 Å². The Hall–Kier alpha value is -0.610. The van der Waals surface area contributed by atoms with Crippen LogP contribution in [0.4, 0.5) is 0 Å². The van der Waals surface area contributed by atoms with Crippen LogP contribution in [0.2, 0.25) is 0 Å². The molecule has 3 nitrogen and oxygen atoms in total. The molecule has 4 heteroatoms. The number of hydrogen-bond donors (Lipinski definition) is 1. The van der Waals surface area contributed by atoms with E-state index in [4.69, 9.17) is 10.5 Å². The van der Waals surface area contributed by atoms with Gasteiger partial charge in [-0.1, -0.05) is 0 Å². The molecule has 1 unspecified atom stereocenters. The van der Waals surface area contributed by atoms with Gasteiger partial charge in [0.25, 0.3) is 0 Å². The van der Waals surface area contributed by atoms with E-state index in [-0.39, 0.29) is 6.04 Å². The van der Waals surface area contributed by atoms with Crippen molar-refractivity contribution in [2.75, 3.05) is 7.11 Å². The van der Waals surface area contributed by atoms with Gasteiger partial charge in [0, 0.05) is 16.9 Å². The number of halogens is 1. The van der Waals surface area contributed by atoms with E-state index in [1.807, 2.05) is 13.0 Å². The molecule has 0 amide bonds. The first-order chi connectivity index (χ1) is 6.13. The Morgan fingerprint density at radius 3 is 2.85 bits per heavy atom. The molecule has 1 atom stereocenters. The van der Waals surface area contributed by atoms with Gasteiger partial charge in [0.1, 0.15) is 5.75 Å². The van der Waals surface area contributed by atoms with Crippen LogP contribution in [0.15, 0.2) is 16.7 Å². The molecular formula is C9H13BrN2O. The number of hydrogen-bond acceptors (Lipinski definition) is 3. The summed E-state index contributed by atoms with van der Waals surface area (Å²) in [7, 11) is 1.62. The van der Waals surface area contributed by atoms with Gasteiger partial charge in [-0.15, -0.1) is 0 Å². The van der Waals surface area contributed by atoms with E-state index in [0.717, 1.165) is 22.3 Å². The highest BCUT2D eigenvalue weighted by Gasteiger charge is 2.05. The zero-order chi connectivity index (χ0) is 9.84. The number of pyridine rings is 1. The van der Waals surface area contributed by atoms with E-state index >= 15 is 0 Å². The third-order valence-electron chi connectivity index (χ3n) is 1.64. The Morgan fingerprint density at radius 1 is 1.69 bits per heavy atom. The largest absolute Gasteiger partial charge is 0.495 e. The normalized spacial score (nSPS) is 12.6. The predicted octanol–water partition coefficient (Wildman–Crippen LogP) is 1.74. The number of methoxy groups -OCH3 is 1. The second-order valence-electron chi connectivity index (χ2n) is 2.99. The molecule has 0 aliphatic carbocycles. The van der Waals surface area contributed by atoms with Crippen LogP contribution in [0.1, 0.15) is 12.6 Å². The Balaban J connectivity index is 2.85. The van der Waals surface area contributed by atoms with Crippen molar-refractivity contribution in [3.8, 4) is 5.75 Å². The lowest BCUT2D eigenvalue weighted by Gasteiger charge is -2.07. The minimum absolute atomic E-state index is 0.122. The van der Waals surface area contributed by atoms with Crippen LogP contribution in [-0.2, 0) is 6.42 Å². The number of ether oxygens (including phenoxy) is 1. The fourth-order valence-corrected chi connectivity index (χ4v) is 1.51. The maximum Gasteiger partial charge on any atom is 0.138 e. The number of rotatable bonds is 3. The van der Waals surface area contributed by atoms with E-state index in [0.29, 0.717) is 0 Å². The van der Waals surface area contributed by atoms with E-state index < -0.39 is 0 Å². The quantitative estimate of drug-likeness (QED) is 0.882. The molecule has 0 saturated carbocycles. The fraction of sp³-hybridized carbons (Fsp3) is 0.444. The molecule has 0 saturated heterocycles. The molecule has 2 N–H and O–H groups in total. The molecule has 0 spiro atoms. The molecule has 1 aromatic heterocycles. The third kappa shape index (κ3) is 2.97. The van der Waals surface area contributed by atoms with Gasteiger partial charge >= 0.3 is 0 Å². The van der Waals surface area contributed by atoms with Gasteiger partial charge in [-0.3, -0.25) is 4.98 Å². The SMILES string of the molecule is COc1cnc(CC(C)N)c(Br)c1. The van der Waals surface area contributed by atoms with Gasteiger partial charge in [-0.2, -0.15) is 0 Å². The Bertz CT molecular complexity index is 289. The second kappa shape index (κ2) is 4.58. The summed E-state index contributed by atoms with van der Waals surface area (Å²) in [5, 5.41) is 0. The molecule has 1 heterocycles. The Morgan fingerprint density at radius 2 is 2.38 bits per heavy atom. The van der Waals surface area contributed by atoms with E-state index in [1.165, 1.54) is 0 Å². The summed E-state index contributed by atoms with van der Waals surface area (Å²) in [6.07, 6.45) is 2.47.